The number of carbonyl (C=O) groups is 1. The van der Waals surface area contributed by atoms with Gasteiger partial charge in [-0.25, -0.2) is 9.78 Å². The first-order chi connectivity index (χ1) is 12.6. The highest BCUT2D eigenvalue weighted by Crippen LogP contribution is 2.26. The fraction of sp³-hybridized carbons (Fsp3) is 0.150. The Morgan fingerprint density at radius 2 is 2.12 bits per heavy atom. The molecule has 0 bridgehead atoms. The summed E-state index contributed by atoms with van der Waals surface area (Å²) < 4.78 is 12.4. The molecule has 6 nitrogen and oxygen atoms in total. The largest absolute Gasteiger partial charge is 0.488 e. The first-order valence-corrected chi connectivity index (χ1v) is 8.19. The quantitative estimate of drug-likeness (QED) is 0.680. The second-order valence-corrected chi connectivity index (χ2v) is 6.04. The summed E-state index contributed by atoms with van der Waals surface area (Å²) in [6, 6.07) is 12.5. The summed E-state index contributed by atoms with van der Waals surface area (Å²) in [4.78, 5) is 28.9. The molecule has 2 aromatic heterocycles. The maximum absolute atomic E-state index is 12.3. The zero-order valence-corrected chi connectivity index (χ0v) is 14.1. The average molecular weight is 348 g/mol. The van der Waals surface area contributed by atoms with Crippen molar-refractivity contribution in [1.29, 1.82) is 0 Å². The van der Waals surface area contributed by atoms with Gasteiger partial charge in [0, 0.05) is 17.8 Å². The van der Waals surface area contributed by atoms with Crippen LogP contribution in [0.2, 0.25) is 0 Å². The molecule has 0 unspecified atom stereocenters. The number of fused-ring (bicyclic) bond motifs is 2. The van der Waals surface area contributed by atoms with Crippen LogP contribution in [0.5, 0.6) is 5.75 Å². The van der Waals surface area contributed by atoms with Crippen LogP contribution >= 0.6 is 0 Å². The molecule has 0 fully saturated rings. The number of aromatic nitrogens is 2. The van der Waals surface area contributed by atoms with Crippen molar-refractivity contribution in [3.05, 3.63) is 81.4 Å². The van der Waals surface area contributed by atoms with E-state index >= 15 is 0 Å². The molecule has 0 atom stereocenters. The molecule has 1 aliphatic heterocycles. The lowest BCUT2D eigenvalue weighted by molar-refractivity contribution is -0.140. The van der Waals surface area contributed by atoms with Crippen molar-refractivity contribution in [2.75, 3.05) is 6.61 Å². The zero-order chi connectivity index (χ0) is 18.1. The van der Waals surface area contributed by atoms with Crippen LogP contribution in [0.3, 0.4) is 0 Å². The van der Waals surface area contributed by atoms with Crippen LogP contribution < -0.4 is 10.3 Å². The van der Waals surface area contributed by atoms with Gasteiger partial charge >= 0.3 is 5.97 Å². The van der Waals surface area contributed by atoms with Crippen molar-refractivity contribution in [2.45, 2.75) is 13.5 Å². The van der Waals surface area contributed by atoms with E-state index in [2.05, 4.69) is 4.98 Å². The summed E-state index contributed by atoms with van der Waals surface area (Å²) in [7, 11) is 0. The first kappa shape index (κ1) is 16.1. The molecule has 1 aromatic carbocycles. The van der Waals surface area contributed by atoms with Gasteiger partial charge < -0.3 is 9.47 Å². The van der Waals surface area contributed by atoms with Crippen LogP contribution in [0, 0.1) is 6.92 Å². The van der Waals surface area contributed by atoms with E-state index in [0.29, 0.717) is 16.9 Å². The van der Waals surface area contributed by atoms with E-state index in [1.807, 2.05) is 37.3 Å². The Hall–Kier alpha value is -3.41. The first-order valence-electron chi connectivity index (χ1n) is 8.19. The number of esters is 1. The summed E-state index contributed by atoms with van der Waals surface area (Å²) in [5, 5.41) is 0. The number of rotatable bonds is 3. The van der Waals surface area contributed by atoms with E-state index in [9.17, 15) is 9.59 Å². The third kappa shape index (κ3) is 2.97. The monoisotopic (exact) mass is 348 g/mol. The Labute approximate surface area is 149 Å². The van der Waals surface area contributed by atoms with Crippen LogP contribution in [0.25, 0.3) is 11.7 Å². The fourth-order valence-corrected chi connectivity index (χ4v) is 2.85. The van der Waals surface area contributed by atoms with Crippen molar-refractivity contribution in [3.63, 3.8) is 0 Å². The van der Waals surface area contributed by atoms with Gasteiger partial charge in [-0.15, -0.1) is 0 Å². The summed E-state index contributed by atoms with van der Waals surface area (Å²) in [5.74, 6) is 0.259. The molecular formula is C20H16N2O4. The third-order valence-electron chi connectivity index (χ3n) is 4.18. The highest BCUT2D eigenvalue weighted by Gasteiger charge is 2.18. The number of pyridine rings is 1. The minimum absolute atomic E-state index is 0.0715. The van der Waals surface area contributed by atoms with Crippen molar-refractivity contribution in [2.24, 2.45) is 0 Å². The summed E-state index contributed by atoms with van der Waals surface area (Å²) >= 11 is 0. The molecule has 4 rings (SSSR count). The van der Waals surface area contributed by atoms with E-state index < -0.39 is 5.97 Å². The van der Waals surface area contributed by atoms with Crippen LogP contribution in [-0.2, 0) is 16.1 Å². The summed E-state index contributed by atoms with van der Waals surface area (Å²) in [5.41, 5.74) is 2.90. The predicted molar refractivity (Wildman–Crippen MR) is 95.9 cm³/mol. The van der Waals surface area contributed by atoms with Crippen LogP contribution in [0.4, 0.5) is 0 Å². The predicted octanol–water partition coefficient (Wildman–Crippen LogP) is 2.52. The Bertz CT molecular complexity index is 1100. The number of carbonyl (C=O) groups excluding carboxylic acids is 1. The molecule has 0 amide bonds. The van der Waals surface area contributed by atoms with Gasteiger partial charge in [-0.05, 0) is 30.7 Å². The highest BCUT2D eigenvalue weighted by molar-refractivity contribution is 5.95. The van der Waals surface area contributed by atoms with Gasteiger partial charge in [-0.3, -0.25) is 9.20 Å². The van der Waals surface area contributed by atoms with Gasteiger partial charge in [0.1, 0.15) is 24.6 Å². The van der Waals surface area contributed by atoms with Crippen molar-refractivity contribution in [3.8, 4) is 5.75 Å². The zero-order valence-electron chi connectivity index (χ0n) is 14.1. The minimum atomic E-state index is -0.480. The van der Waals surface area contributed by atoms with E-state index in [-0.39, 0.29) is 18.8 Å². The summed E-state index contributed by atoms with van der Waals surface area (Å²) in [6.07, 6.45) is 3.42. The van der Waals surface area contributed by atoms with Crippen molar-refractivity contribution < 1.29 is 14.3 Å². The summed E-state index contributed by atoms with van der Waals surface area (Å²) in [6.45, 7) is 1.96. The third-order valence-corrected chi connectivity index (χ3v) is 4.18. The smallest absolute Gasteiger partial charge is 0.337 e. The second-order valence-electron chi connectivity index (χ2n) is 6.04. The van der Waals surface area contributed by atoms with E-state index in [1.165, 1.54) is 10.5 Å². The molecule has 0 radical (unpaired) electrons. The fourth-order valence-electron chi connectivity index (χ4n) is 2.85. The minimum Gasteiger partial charge on any atom is -0.488 e. The molecule has 0 N–H and O–H groups in total. The standard InChI is InChI=1S/C20H16N2O4/c1-13-5-4-8-22-18(23)10-16(21-19(13)22)12-26-20(24)15-9-14-6-2-3-7-17(14)25-11-15/h2-10H,11-12H2,1H3. The molecule has 0 spiro atoms. The van der Waals surface area contributed by atoms with Crippen LogP contribution in [-0.4, -0.2) is 22.0 Å². The lowest BCUT2D eigenvalue weighted by Gasteiger charge is -2.16. The van der Waals surface area contributed by atoms with E-state index in [0.717, 1.165) is 16.9 Å². The maximum atomic E-state index is 12.3. The Morgan fingerprint density at radius 1 is 1.27 bits per heavy atom. The number of aryl methyl sites for hydroxylation is 1. The van der Waals surface area contributed by atoms with Gasteiger partial charge in [0.25, 0.3) is 5.56 Å². The van der Waals surface area contributed by atoms with E-state index in [1.54, 1.807) is 18.3 Å². The van der Waals surface area contributed by atoms with Crippen LogP contribution in [0.1, 0.15) is 16.8 Å². The maximum Gasteiger partial charge on any atom is 0.337 e. The number of hydrogen-bond donors (Lipinski definition) is 0. The molecule has 3 heterocycles. The SMILES string of the molecule is Cc1cccn2c(=O)cc(COC(=O)C3=Cc4ccccc4OC3)nc12. The van der Waals surface area contributed by atoms with Crippen molar-refractivity contribution >= 4 is 17.7 Å². The Balaban J connectivity index is 1.54. The topological polar surface area (TPSA) is 69.9 Å². The normalized spacial score (nSPS) is 12.9. The molecule has 6 heteroatoms. The van der Waals surface area contributed by atoms with Gasteiger partial charge in [-0.1, -0.05) is 24.3 Å². The highest BCUT2D eigenvalue weighted by atomic mass is 16.5. The molecule has 0 aliphatic carbocycles. The molecule has 3 aromatic rings. The van der Waals surface area contributed by atoms with Gasteiger partial charge in [-0.2, -0.15) is 0 Å². The molecule has 1 aliphatic rings. The molecule has 130 valence electrons. The average Bonchev–Trinajstić information content (AvgIpc) is 2.66. The van der Waals surface area contributed by atoms with Crippen LogP contribution in [0.15, 0.2) is 59.0 Å². The van der Waals surface area contributed by atoms with Gasteiger partial charge in [0.15, 0.2) is 0 Å². The van der Waals surface area contributed by atoms with Gasteiger partial charge in [0.2, 0.25) is 0 Å². The number of nitrogens with zero attached hydrogens (tertiary/aromatic N) is 2. The Kier molecular flexibility index (Phi) is 4.01. The van der Waals surface area contributed by atoms with Gasteiger partial charge in [0.05, 0.1) is 11.3 Å². The van der Waals surface area contributed by atoms with Crippen molar-refractivity contribution in [1.82, 2.24) is 9.38 Å². The lowest BCUT2D eigenvalue weighted by atomic mass is 10.1. The molecular weight excluding hydrogens is 332 g/mol. The molecule has 0 saturated heterocycles. The lowest BCUT2D eigenvalue weighted by Crippen LogP contribution is -2.19. The number of ether oxygens (including phenoxy) is 2. The second kappa shape index (κ2) is 6.48. The Morgan fingerprint density at radius 3 is 3.00 bits per heavy atom. The number of hydrogen-bond acceptors (Lipinski definition) is 5. The number of benzene rings is 1. The number of para-hydroxylation sites is 1. The molecule has 26 heavy (non-hydrogen) atoms. The molecule has 0 saturated carbocycles. The van der Waals surface area contributed by atoms with E-state index in [4.69, 9.17) is 9.47 Å².